The van der Waals surface area contributed by atoms with Crippen LogP contribution < -0.4 is 0 Å². The maximum Gasteiger partial charge on any atom is 0.00581 e. The predicted molar refractivity (Wildman–Crippen MR) is 144 cm³/mol. The summed E-state index contributed by atoms with van der Waals surface area (Å²) in [5.74, 6) is 1.14. The van der Waals surface area contributed by atoms with Gasteiger partial charge in [0.05, 0.1) is 0 Å². The highest BCUT2D eigenvalue weighted by Gasteiger charge is 2.34. The van der Waals surface area contributed by atoms with Crippen LogP contribution in [0.3, 0.4) is 0 Å². The minimum atomic E-state index is 0.571. The molecule has 3 aliphatic carbocycles. The van der Waals surface area contributed by atoms with E-state index in [1.54, 1.807) is 22.3 Å². The first-order valence-corrected chi connectivity index (χ1v) is 12.6. The van der Waals surface area contributed by atoms with E-state index in [9.17, 15) is 0 Å². The minimum Gasteiger partial charge on any atom is -0.0622 e. The summed E-state index contributed by atoms with van der Waals surface area (Å²) in [6.45, 7) is 0. The van der Waals surface area contributed by atoms with E-state index in [0.29, 0.717) is 11.8 Å². The first-order valence-electron chi connectivity index (χ1n) is 12.6. The van der Waals surface area contributed by atoms with Crippen LogP contribution in [0.2, 0.25) is 0 Å². The van der Waals surface area contributed by atoms with Crippen molar-refractivity contribution in [3.05, 3.63) is 130 Å². The Balaban J connectivity index is 1.25. The second-order valence-corrected chi connectivity index (χ2v) is 9.97. The van der Waals surface area contributed by atoms with E-state index >= 15 is 0 Å². The lowest BCUT2D eigenvalue weighted by Crippen LogP contribution is -2.09. The van der Waals surface area contributed by atoms with Crippen LogP contribution in [-0.2, 0) is 0 Å². The van der Waals surface area contributed by atoms with Gasteiger partial charge in [0.25, 0.3) is 0 Å². The summed E-state index contributed by atoms with van der Waals surface area (Å²) in [6, 6.07) is 35.6. The van der Waals surface area contributed by atoms with Crippen LogP contribution in [0.4, 0.5) is 0 Å². The summed E-state index contributed by atoms with van der Waals surface area (Å²) >= 11 is 0. The molecule has 0 saturated heterocycles. The van der Waals surface area contributed by atoms with E-state index in [0.717, 1.165) is 0 Å². The molecule has 0 nitrogen and oxygen atoms in total. The molecule has 0 radical (unpaired) electrons. The molecule has 0 spiro atoms. The molecule has 1 saturated carbocycles. The molecule has 4 aromatic carbocycles. The van der Waals surface area contributed by atoms with Gasteiger partial charge in [0.2, 0.25) is 0 Å². The number of benzene rings is 4. The van der Waals surface area contributed by atoms with Crippen molar-refractivity contribution in [2.45, 2.75) is 37.5 Å². The normalized spacial score (nSPS) is 20.2. The topological polar surface area (TPSA) is 0 Å². The Morgan fingerprint density at radius 3 is 1.32 bits per heavy atom. The fourth-order valence-electron chi connectivity index (χ4n) is 6.60. The van der Waals surface area contributed by atoms with E-state index in [1.165, 1.54) is 59.1 Å². The highest BCUT2D eigenvalue weighted by atomic mass is 14.4. The number of hydrogen-bond acceptors (Lipinski definition) is 0. The fraction of sp³-hybridized carbons (Fsp3) is 0.176. The summed E-state index contributed by atoms with van der Waals surface area (Å²) < 4.78 is 0. The highest BCUT2D eigenvalue weighted by Crippen LogP contribution is 2.52. The van der Waals surface area contributed by atoms with Crippen molar-refractivity contribution in [2.75, 3.05) is 0 Å². The second kappa shape index (κ2) is 7.99. The van der Waals surface area contributed by atoms with Crippen LogP contribution in [-0.4, -0.2) is 0 Å². The largest absolute Gasteiger partial charge is 0.0622 e. The van der Waals surface area contributed by atoms with Crippen LogP contribution in [0.15, 0.2) is 108 Å². The third kappa shape index (κ3) is 3.13. The second-order valence-electron chi connectivity index (χ2n) is 9.97. The molecule has 34 heavy (non-hydrogen) atoms. The third-order valence-corrected chi connectivity index (χ3v) is 8.20. The summed E-state index contributed by atoms with van der Waals surface area (Å²) in [5.41, 5.74) is 14.7. The molecule has 2 atom stereocenters. The molecule has 0 aliphatic heterocycles. The van der Waals surface area contributed by atoms with Gasteiger partial charge in [-0.2, -0.15) is 0 Å². The van der Waals surface area contributed by atoms with Crippen molar-refractivity contribution in [3.63, 3.8) is 0 Å². The summed E-state index contributed by atoms with van der Waals surface area (Å²) in [4.78, 5) is 0. The van der Waals surface area contributed by atoms with Gasteiger partial charge in [-0.3, -0.25) is 0 Å². The van der Waals surface area contributed by atoms with Gasteiger partial charge in [-0.25, -0.2) is 0 Å². The molecule has 0 aromatic heterocycles. The van der Waals surface area contributed by atoms with E-state index in [-0.39, 0.29) is 0 Å². The van der Waals surface area contributed by atoms with Crippen molar-refractivity contribution < 1.29 is 0 Å². The quantitative estimate of drug-likeness (QED) is 0.294. The van der Waals surface area contributed by atoms with Crippen LogP contribution in [0.25, 0.3) is 34.4 Å². The zero-order valence-corrected chi connectivity index (χ0v) is 19.4. The third-order valence-electron chi connectivity index (χ3n) is 8.20. The van der Waals surface area contributed by atoms with Gasteiger partial charge >= 0.3 is 0 Å². The SMILES string of the molecule is C1=C2CCC3=Cc4c(-c5ccccc5)cccc4C3CCC2c2cccc(-c3ccccc3)c21. The van der Waals surface area contributed by atoms with Crippen LogP contribution >= 0.6 is 0 Å². The molecule has 1 fully saturated rings. The molecule has 7 rings (SSSR count). The van der Waals surface area contributed by atoms with E-state index in [1.807, 2.05) is 0 Å². The fourth-order valence-corrected chi connectivity index (χ4v) is 6.60. The monoisotopic (exact) mass is 436 g/mol. The lowest BCUT2D eigenvalue weighted by atomic mass is 9.78. The molecular formula is C34H28. The molecule has 0 heteroatoms. The summed E-state index contributed by atoms with van der Waals surface area (Å²) in [5, 5.41) is 0. The van der Waals surface area contributed by atoms with Crippen molar-refractivity contribution >= 4 is 12.2 Å². The smallest absolute Gasteiger partial charge is 0.00581 e. The van der Waals surface area contributed by atoms with Gasteiger partial charge < -0.3 is 0 Å². The van der Waals surface area contributed by atoms with Crippen LogP contribution in [0.1, 0.15) is 59.8 Å². The molecule has 3 aliphatic rings. The lowest BCUT2D eigenvalue weighted by molar-refractivity contribution is 0.562. The Kier molecular flexibility index (Phi) is 4.65. The first kappa shape index (κ1) is 19.8. The van der Waals surface area contributed by atoms with Crippen molar-refractivity contribution in [3.8, 4) is 22.3 Å². The van der Waals surface area contributed by atoms with Crippen LogP contribution in [0, 0.1) is 0 Å². The molecular weight excluding hydrogens is 408 g/mol. The van der Waals surface area contributed by atoms with Gasteiger partial charge in [-0.15, -0.1) is 0 Å². The number of fused-ring (bicyclic) bond motifs is 6. The maximum absolute atomic E-state index is 2.53. The van der Waals surface area contributed by atoms with E-state index in [2.05, 4.69) is 109 Å². The minimum absolute atomic E-state index is 0.571. The Labute approximate surface area is 202 Å². The number of allylic oxidation sites excluding steroid dienone is 2. The van der Waals surface area contributed by atoms with Crippen molar-refractivity contribution in [1.29, 1.82) is 0 Å². The molecule has 0 N–H and O–H groups in total. The van der Waals surface area contributed by atoms with E-state index in [4.69, 9.17) is 0 Å². The lowest BCUT2D eigenvalue weighted by Gasteiger charge is -2.26. The maximum atomic E-state index is 2.53. The van der Waals surface area contributed by atoms with Gasteiger partial charge in [0.15, 0.2) is 0 Å². The predicted octanol–water partition coefficient (Wildman–Crippen LogP) is 9.26. The van der Waals surface area contributed by atoms with Crippen molar-refractivity contribution in [2.24, 2.45) is 0 Å². The molecule has 4 aromatic rings. The van der Waals surface area contributed by atoms with Gasteiger partial charge in [0, 0.05) is 11.8 Å². The summed E-state index contributed by atoms with van der Waals surface area (Å²) in [7, 11) is 0. The highest BCUT2D eigenvalue weighted by molar-refractivity contribution is 5.84. The van der Waals surface area contributed by atoms with Crippen LogP contribution in [0.5, 0.6) is 0 Å². The van der Waals surface area contributed by atoms with Gasteiger partial charge in [-0.1, -0.05) is 120 Å². The molecule has 0 amide bonds. The molecule has 0 heterocycles. The zero-order chi connectivity index (χ0) is 22.5. The Hall–Kier alpha value is -3.64. The Bertz CT molecular complexity index is 1320. The average molecular weight is 437 g/mol. The average Bonchev–Trinajstić information content (AvgIpc) is 3.42. The Morgan fingerprint density at radius 1 is 0.441 bits per heavy atom. The molecule has 164 valence electrons. The van der Waals surface area contributed by atoms with Gasteiger partial charge in [-0.05, 0) is 70.2 Å². The standard InChI is InChI=1S/C34H28/c1-3-9-23(10-4-1)27-13-7-15-31-29-19-20-30-26(18-17-25(29)21-33(27)31)22-34-28(14-8-16-32(30)34)24-11-5-2-6-12-24/h1-16,21-22,29-30H,17-20H2. The zero-order valence-electron chi connectivity index (χ0n) is 19.4. The van der Waals surface area contributed by atoms with Gasteiger partial charge in [0.1, 0.15) is 0 Å². The first-order chi connectivity index (χ1) is 16.9. The molecule has 2 unspecified atom stereocenters. The molecule has 0 bridgehead atoms. The van der Waals surface area contributed by atoms with E-state index < -0.39 is 0 Å². The Morgan fingerprint density at radius 2 is 0.882 bits per heavy atom. The summed E-state index contributed by atoms with van der Waals surface area (Å²) in [6.07, 6.45) is 9.86. The number of hydrogen-bond donors (Lipinski definition) is 0. The number of rotatable bonds is 2. The van der Waals surface area contributed by atoms with Crippen molar-refractivity contribution in [1.82, 2.24) is 0 Å².